The predicted octanol–water partition coefficient (Wildman–Crippen LogP) is 2.95. The minimum Gasteiger partial charge on any atom is -0.362 e. The van der Waals surface area contributed by atoms with Crippen molar-refractivity contribution in [2.45, 2.75) is 19.1 Å². The third-order valence-corrected chi connectivity index (χ3v) is 3.48. The number of hydrogen-bond acceptors (Lipinski definition) is 5. The van der Waals surface area contributed by atoms with Gasteiger partial charge in [-0.05, 0) is 24.6 Å². The number of rotatable bonds is 3. The molecule has 23 heavy (non-hydrogen) atoms. The summed E-state index contributed by atoms with van der Waals surface area (Å²) in [5.74, 6) is 0.482. The standard InChI is InChI=1S/C14H13F3N6/c1-8(9-3-5-10(6-4-9)14(15,16)17)20-12-11-13(19-7-18-12)23(2)22-21-11/h3-8H,1-2H3,(H,18,19,20)/t8-/m0/s1. The third kappa shape index (κ3) is 2.94. The topological polar surface area (TPSA) is 68.5 Å². The minimum atomic E-state index is -4.34. The Balaban J connectivity index is 1.84. The van der Waals surface area contributed by atoms with Crippen LogP contribution >= 0.6 is 0 Å². The van der Waals surface area contributed by atoms with Crippen LogP contribution in [0.3, 0.4) is 0 Å². The molecule has 9 heteroatoms. The SMILES string of the molecule is C[C@H](Nc1ncnc2c1nnn2C)c1ccc(C(F)(F)F)cc1. The first-order valence-electron chi connectivity index (χ1n) is 6.80. The molecule has 3 rings (SSSR count). The Bertz CT molecular complexity index is 825. The Morgan fingerprint density at radius 2 is 1.83 bits per heavy atom. The van der Waals surface area contributed by atoms with Crippen molar-refractivity contribution in [3.05, 3.63) is 41.7 Å². The average molecular weight is 322 g/mol. The maximum atomic E-state index is 12.6. The maximum Gasteiger partial charge on any atom is 0.416 e. The van der Waals surface area contributed by atoms with E-state index in [1.165, 1.54) is 23.1 Å². The number of nitrogens with one attached hydrogen (secondary N) is 1. The lowest BCUT2D eigenvalue weighted by Gasteiger charge is -2.16. The molecule has 0 saturated carbocycles. The first-order valence-corrected chi connectivity index (χ1v) is 6.80. The van der Waals surface area contributed by atoms with Crippen molar-refractivity contribution in [2.75, 3.05) is 5.32 Å². The molecule has 2 heterocycles. The molecule has 2 aromatic heterocycles. The van der Waals surface area contributed by atoms with E-state index in [0.29, 0.717) is 22.5 Å². The average Bonchev–Trinajstić information content (AvgIpc) is 2.89. The Kier molecular flexibility index (Phi) is 3.63. The van der Waals surface area contributed by atoms with Gasteiger partial charge in [0.2, 0.25) is 0 Å². The molecule has 6 nitrogen and oxygen atoms in total. The number of benzene rings is 1. The summed E-state index contributed by atoms with van der Waals surface area (Å²) < 4.78 is 39.3. The van der Waals surface area contributed by atoms with E-state index in [1.807, 2.05) is 6.92 Å². The number of anilines is 1. The molecule has 1 atom stereocenters. The number of aromatic nitrogens is 5. The van der Waals surface area contributed by atoms with E-state index in [1.54, 1.807) is 7.05 Å². The number of aryl methyl sites for hydroxylation is 1. The molecule has 0 aliphatic carbocycles. The molecule has 1 aromatic carbocycles. The van der Waals surface area contributed by atoms with Crippen LogP contribution < -0.4 is 5.32 Å². The molecule has 0 amide bonds. The minimum absolute atomic E-state index is 0.252. The Hall–Kier alpha value is -2.71. The second-order valence-electron chi connectivity index (χ2n) is 5.09. The van der Waals surface area contributed by atoms with Gasteiger partial charge >= 0.3 is 6.18 Å². The Labute approximate surface area is 129 Å². The monoisotopic (exact) mass is 322 g/mol. The summed E-state index contributed by atoms with van der Waals surface area (Å²) in [5.41, 5.74) is 1.11. The summed E-state index contributed by atoms with van der Waals surface area (Å²) in [4.78, 5) is 8.21. The number of hydrogen-bond donors (Lipinski definition) is 1. The van der Waals surface area contributed by atoms with Crippen LogP contribution in [0.5, 0.6) is 0 Å². The molecule has 0 unspecified atom stereocenters. The normalized spacial score (nSPS) is 13.3. The van der Waals surface area contributed by atoms with Crippen molar-refractivity contribution in [3.8, 4) is 0 Å². The van der Waals surface area contributed by atoms with Crippen molar-refractivity contribution in [3.63, 3.8) is 0 Å². The van der Waals surface area contributed by atoms with Gasteiger partial charge in [-0.2, -0.15) is 13.2 Å². The molecule has 1 N–H and O–H groups in total. The summed E-state index contributed by atoms with van der Waals surface area (Å²) in [6.45, 7) is 1.83. The van der Waals surface area contributed by atoms with Gasteiger partial charge in [0.15, 0.2) is 17.0 Å². The smallest absolute Gasteiger partial charge is 0.362 e. The fourth-order valence-corrected chi connectivity index (χ4v) is 2.21. The second kappa shape index (κ2) is 5.49. The van der Waals surface area contributed by atoms with E-state index >= 15 is 0 Å². The largest absolute Gasteiger partial charge is 0.416 e. The van der Waals surface area contributed by atoms with Gasteiger partial charge in [0.1, 0.15) is 6.33 Å². The number of alkyl halides is 3. The van der Waals surface area contributed by atoms with Crippen LogP contribution in [-0.2, 0) is 13.2 Å². The van der Waals surface area contributed by atoms with Crippen LogP contribution in [0, 0.1) is 0 Å². The highest BCUT2D eigenvalue weighted by atomic mass is 19.4. The van der Waals surface area contributed by atoms with Crippen LogP contribution in [0.4, 0.5) is 19.0 Å². The Morgan fingerprint density at radius 3 is 2.48 bits per heavy atom. The molecule has 0 spiro atoms. The summed E-state index contributed by atoms with van der Waals surface area (Å²) >= 11 is 0. The van der Waals surface area contributed by atoms with E-state index in [4.69, 9.17) is 0 Å². The third-order valence-electron chi connectivity index (χ3n) is 3.48. The van der Waals surface area contributed by atoms with Gasteiger partial charge in [-0.1, -0.05) is 17.3 Å². The van der Waals surface area contributed by atoms with Gasteiger partial charge in [-0.3, -0.25) is 0 Å². The predicted molar refractivity (Wildman–Crippen MR) is 77.6 cm³/mol. The first-order chi connectivity index (χ1) is 10.9. The van der Waals surface area contributed by atoms with E-state index in [2.05, 4.69) is 25.6 Å². The first kappa shape index (κ1) is 15.2. The van der Waals surface area contributed by atoms with Gasteiger partial charge in [0.25, 0.3) is 0 Å². The molecular weight excluding hydrogens is 309 g/mol. The second-order valence-corrected chi connectivity index (χ2v) is 5.09. The van der Waals surface area contributed by atoms with Gasteiger partial charge in [0.05, 0.1) is 11.6 Å². The fraction of sp³-hybridized carbons (Fsp3) is 0.286. The van der Waals surface area contributed by atoms with Crippen molar-refractivity contribution < 1.29 is 13.2 Å². The summed E-state index contributed by atoms with van der Waals surface area (Å²) in [6, 6.07) is 4.75. The summed E-state index contributed by atoms with van der Waals surface area (Å²) in [6.07, 6.45) is -2.96. The number of halogens is 3. The number of nitrogens with zero attached hydrogens (tertiary/aromatic N) is 5. The zero-order chi connectivity index (χ0) is 16.6. The number of fused-ring (bicyclic) bond motifs is 1. The van der Waals surface area contributed by atoms with E-state index in [0.717, 1.165) is 12.1 Å². The zero-order valence-corrected chi connectivity index (χ0v) is 12.3. The molecule has 0 bridgehead atoms. The van der Waals surface area contributed by atoms with E-state index < -0.39 is 11.7 Å². The summed E-state index contributed by atoms with van der Waals surface area (Å²) in [7, 11) is 1.71. The van der Waals surface area contributed by atoms with Crippen molar-refractivity contribution in [2.24, 2.45) is 7.05 Å². The van der Waals surface area contributed by atoms with Crippen LogP contribution in [0.15, 0.2) is 30.6 Å². The van der Waals surface area contributed by atoms with Crippen molar-refractivity contribution in [1.29, 1.82) is 0 Å². The van der Waals surface area contributed by atoms with Gasteiger partial charge < -0.3 is 5.32 Å². The zero-order valence-electron chi connectivity index (χ0n) is 12.3. The lowest BCUT2D eigenvalue weighted by Crippen LogP contribution is -2.10. The maximum absolute atomic E-state index is 12.6. The highest BCUT2D eigenvalue weighted by Gasteiger charge is 2.30. The lowest BCUT2D eigenvalue weighted by atomic mass is 10.1. The molecule has 0 aliphatic heterocycles. The molecule has 0 fully saturated rings. The van der Waals surface area contributed by atoms with E-state index in [9.17, 15) is 13.2 Å². The molecule has 0 radical (unpaired) electrons. The lowest BCUT2D eigenvalue weighted by molar-refractivity contribution is -0.137. The molecular formula is C14H13F3N6. The van der Waals surface area contributed by atoms with Crippen molar-refractivity contribution >= 4 is 17.0 Å². The van der Waals surface area contributed by atoms with Crippen LogP contribution in [0.2, 0.25) is 0 Å². The highest BCUT2D eigenvalue weighted by Crippen LogP contribution is 2.30. The van der Waals surface area contributed by atoms with Gasteiger partial charge in [-0.25, -0.2) is 14.6 Å². The molecule has 3 aromatic rings. The molecule has 120 valence electrons. The van der Waals surface area contributed by atoms with Crippen LogP contribution in [-0.4, -0.2) is 25.0 Å². The van der Waals surface area contributed by atoms with Crippen LogP contribution in [0.25, 0.3) is 11.2 Å². The van der Waals surface area contributed by atoms with Crippen molar-refractivity contribution in [1.82, 2.24) is 25.0 Å². The Morgan fingerprint density at radius 1 is 1.13 bits per heavy atom. The molecule has 0 saturated heterocycles. The van der Waals surface area contributed by atoms with E-state index in [-0.39, 0.29) is 6.04 Å². The fourth-order valence-electron chi connectivity index (χ4n) is 2.21. The van der Waals surface area contributed by atoms with Gasteiger partial charge in [0, 0.05) is 7.05 Å². The van der Waals surface area contributed by atoms with Crippen LogP contribution in [0.1, 0.15) is 24.1 Å². The highest BCUT2D eigenvalue weighted by molar-refractivity contribution is 5.81. The molecule has 0 aliphatic rings. The summed E-state index contributed by atoms with van der Waals surface area (Å²) in [5, 5.41) is 11.0. The quantitative estimate of drug-likeness (QED) is 0.803. The van der Waals surface area contributed by atoms with Gasteiger partial charge in [-0.15, -0.1) is 5.10 Å².